The highest BCUT2D eigenvalue weighted by atomic mass is 16.7. The van der Waals surface area contributed by atoms with Crippen molar-refractivity contribution in [2.45, 2.75) is 161 Å². The summed E-state index contributed by atoms with van der Waals surface area (Å²) in [5.74, 6) is -6.96. The maximum Gasteiger partial charge on any atom is 0.329 e. The molecule has 4 aliphatic rings. The minimum absolute atomic E-state index is 0.0237. The van der Waals surface area contributed by atoms with Gasteiger partial charge in [0.05, 0.1) is 24.4 Å². The van der Waals surface area contributed by atoms with Crippen LogP contribution in [0.15, 0.2) is 36.0 Å². The van der Waals surface area contributed by atoms with Gasteiger partial charge in [0.1, 0.15) is 24.0 Å². The first-order valence-electron chi connectivity index (χ1n) is 21.2. The Labute approximate surface area is 340 Å². The highest BCUT2D eigenvalue weighted by Crippen LogP contribution is 2.39. The van der Waals surface area contributed by atoms with Crippen LogP contribution in [-0.2, 0) is 42.9 Å². The highest BCUT2D eigenvalue weighted by molar-refractivity contribution is 6.39. The van der Waals surface area contributed by atoms with Crippen LogP contribution in [0.2, 0.25) is 0 Å². The number of Topliss-reactive ketones (excluding diaryl/α,β-unsaturated/α-hetero) is 2. The maximum absolute atomic E-state index is 14.3. The van der Waals surface area contributed by atoms with Crippen LogP contribution in [0.25, 0.3) is 0 Å². The zero-order valence-electron chi connectivity index (χ0n) is 35.9. The molecule has 0 spiro atoms. The van der Waals surface area contributed by atoms with E-state index in [0.717, 1.165) is 30.4 Å². The smallest absolute Gasteiger partial charge is 0.329 e. The van der Waals surface area contributed by atoms with Crippen LogP contribution >= 0.6 is 0 Å². The molecule has 0 aromatic heterocycles. The van der Waals surface area contributed by atoms with E-state index in [1.54, 1.807) is 27.0 Å². The van der Waals surface area contributed by atoms with Crippen LogP contribution < -0.4 is 0 Å². The Balaban J connectivity index is 1.78. The van der Waals surface area contributed by atoms with Crippen LogP contribution in [0.1, 0.15) is 112 Å². The Morgan fingerprint density at radius 3 is 2.26 bits per heavy atom. The van der Waals surface area contributed by atoms with E-state index < -0.39 is 77.8 Å². The quantitative estimate of drug-likeness (QED) is 0.179. The molecule has 1 unspecified atom stereocenters. The van der Waals surface area contributed by atoms with Crippen molar-refractivity contribution in [2.24, 2.45) is 35.5 Å². The molecule has 0 aromatic carbocycles. The molecule has 3 aliphatic heterocycles. The van der Waals surface area contributed by atoms with E-state index in [1.807, 2.05) is 19.9 Å². The fraction of sp³-hybridized carbons (Fsp3) is 0.778. The minimum atomic E-state index is -2.49. The number of fused-ring (bicyclic) bond motifs is 3. The van der Waals surface area contributed by atoms with Crippen LogP contribution in [0.5, 0.6) is 0 Å². The van der Waals surface area contributed by atoms with Gasteiger partial charge < -0.3 is 38.8 Å². The van der Waals surface area contributed by atoms with Gasteiger partial charge in [0.25, 0.3) is 11.7 Å². The number of carbonyl (C=O) groups excluding carboxylic acids is 4. The van der Waals surface area contributed by atoms with Crippen molar-refractivity contribution in [1.82, 2.24) is 4.90 Å². The number of hydrogen-bond acceptors (Lipinski definition) is 11. The number of aliphatic hydroxyl groups excluding tert-OH is 1. The Kier molecular flexibility index (Phi) is 17.3. The lowest BCUT2D eigenvalue weighted by Crippen LogP contribution is -2.64. The Hall–Kier alpha value is -2.74. The summed E-state index contributed by atoms with van der Waals surface area (Å²) >= 11 is 0. The molecular formula is C45H71NO11. The van der Waals surface area contributed by atoms with Gasteiger partial charge >= 0.3 is 5.97 Å². The molecule has 1 amide bonds. The largest absolute Gasteiger partial charge is 0.456 e. The number of nitrogens with zero attached hydrogens (tertiary/aromatic N) is 1. The highest BCUT2D eigenvalue weighted by Gasteiger charge is 2.56. The van der Waals surface area contributed by atoms with Gasteiger partial charge in [-0.2, -0.15) is 0 Å². The number of allylic oxidation sites excluding steroid dienone is 4. The van der Waals surface area contributed by atoms with E-state index >= 15 is 0 Å². The molecule has 2 saturated heterocycles. The number of ether oxygens (including phenoxy) is 5. The zero-order chi connectivity index (χ0) is 42.2. The number of cyclic esters (lactones) is 1. The Morgan fingerprint density at radius 2 is 1.61 bits per heavy atom. The fourth-order valence-corrected chi connectivity index (χ4v) is 9.67. The van der Waals surface area contributed by atoms with Gasteiger partial charge in [-0.3, -0.25) is 14.4 Å². The molecule has 12 heteroatoms. The summed E-state index contributed by atoms with van der Waals surface area (Å²) in [4.78, 5) is 57.9. The first-order chi connectivity index (χ1) is 27.0. The molecule has 12 nitrogen and oxygen atoms in total. The molecule has 1 aliphatic carbocycles. The van der Waals surface area contributed by atoms with Crippen molar-refractivity contribution in [2.75, 3.05) is 27.9 Å². The molecule has 2 N–H and O–H groups in total. The number of piperidine rings is 1. The summed E-state index contributed by atoms with van der Waals surface area (Å²) < 4.78 is 30.1. The average Bonchev–Trinajstić information content (AvgIpc) is 3.18. The molecule has 14 atom stereocenters. The molecule has 3 fully saturated rings. The maximum atomic E-state index is 14.3. The molecule has 1 saturated carbocycles. The second-order valence-electron chi connectivity index (χ2n) is 17.7. The lowest BCUT2D eigenvalue weighted by atomic mass is 9.79. The number of amides is 1. The summed E-state index contributed by atoms with van der Waals surface area (Å²) in [6, 6.07) is -1.11. The summed E-state index contributed by atoms with van der Waals surface area (Å²) in [6.07, 6.45) is 7.37. The number of methoxy groups -OCH3 is 3. The van der Waals surface area contributed by atoms with Crippen molar-refractivity contribution in [3.8, 4) is 0 Å². The van der Waals surface area contributed by atoms with Crippen molar-refractivity contribution in [3.63, 3.8) is 0 Å². The van der Waals surface area contributed by atoms with Gasteiger partial charge in [0.2, 0.25) is 5.79 Å². The van der Waals surface area contributed by atoms with E-state index in [0.29, 0.717) is 38.0 Å². The van der Waals surface area contributed by atoms with E-state index in [2.05, 4.69) is 26.5 Å². The summed E-state index contributed by atoms with van der Waals surface area (Å²) in [7, 11) is 4.79. The lowest BCUT2D eigenvalue weighted by molar-refractivity contribution is -0.302. The molecule has 2 bridgehead atoms. The predicted octanol–water partition coefficient (Wildman–Crippen LogP) is 5.91. The van der Waals surface area contributed by atoms with Crippen LogP contribution in [0.3, 0.4) is 0 Å². The van der Waals surface area contributed by atoms with Gasteiger partial charge in [-0.15, -0.1) is 6.58 Å². The monoisotopic (exact) mass is 802 g/mol. The second-order valence-corrected chi connectivity index (χ2v) is 17.7. The average molecular weight is 802 g/mol. The molecule has 3 heterocycles. The van der Waals surface area contributed by atoms with Crippen molar-refractivity contribution >= 4 is 23.4 Å². The number of ketones is 2. The Bertz CT molecular complexity index is 1480. The summed E-state index contributed by atoms with van der Waals surface area (Å²) in [5.41, 5.74) is 1.71. The van der Waals surface area contributed by atoms with Crippen LogP contribution in [0.4, 0.5) is 0 Å². The predicted molar refractivity (Wildman–Crippen MR) is 216 cm³/mol. The van der Waals surface area contributed by atoms with Gasteiger partial charge in [0, 0.05) is 52.0 Å². The van der Waals surface area contributed by atoms with Gasteiger partial charge in [-0.1, -0.05) is 51.5 Å². The molecule has 322 valence electrons. The van der Waals surface area contributed by atoms with Gasteiger partial charge in [0.15, 0.2) is 0 Å². The third-order valence-corrected chi connectivity index (χ3v) is 13.2. The molecule has 4 rings (SSSR count). The third-order valence-electron chi connectivity index (χ3n) is 13.2. The van der Waals surface area contributed by atoms with Crippen molar-refractivity contribution in [1.29, 1.82) is 0 Å². The first-order valence-corrected chi connectivity index (χ1v) is 21.2. The normalized spacial score (nSPS) is 41.0. The summed E-state index contributed by atoms with van der Waals surface area (Å²) in [5, 5.41) is 23.8. The molecule has 0 radical (unpaired) electrons. The second kappa shape index (κ2) is 21.0. The lowest BCUT2D eigenvalue weighted by Gasteiger charge is -2.47. The van der Waals surface area contributed by atoms with Crippen LogP contribution in [0, 0.1) is 35.5 Å². The third kappa shape index (κ3) is 11.3. The molecular weight excluding hydrogens is 730 g/mol. The number of aliphatic hydroxyl groups is 2. The minimum Gasteiger partial charge on any atom is -0.456 e. The van der Waals surface area contributed by atoms with E-state index in [-0.39, 0.29) is 49.5 Å². The number of esters is 1. The standard InChI is InChI=1S/C45H71NO11/c1-11-14-33-20-26(2)19-27(3)21-38(54-9)41-39(55-10)23-30(6)45(52,57-41)42(49)43(50)46-18-13-12-15-34(46)44(51)56-40(31(7)35(47)25-36(33)48)29(5)22-32-17-16-28(4)37(24-32)53-8/h11,20,22,27-28,30-35,37-41,47,52H,1,12-19,21,23-25H2,2-10H3/b26-20+,29-22+/t27-,28+,30+,31+,32-,33?,34-,35-,37+,38-,39-,40+,41+,45+/m0/s1. The number of rotatable bonds is 7. The van der Waals surface area contributed by atoms with E-state index in [4.69, 9.17) is 23.7 Å². The SMILES string of the molecule is C=CCC1/C=C(\C)C[C@H](C)C[C@H](OC)[C@H]2O[C@@](O)(C(=O)C(=O)N3CCCC[C@H]3C(=O)O[C@H](/C(C)=C/[C@@H]3CC[C@@H](C)[C@H](OC)C3)[C@H](C)[C@@H](O)CC1=O)[C@H](C)C[C@@H]2OC. The molecule has 57 heavy (non-hydrogen) atoms. The number of carbonyl (C=O) groups is 4. The van der Waals surface area contributed by atoms with Crippen molar-refractivity contribution in [3.05, 3.63) is 36.0 Å². The van der Waals surface area contributed by atoms with Crippen LogP contribution in [-0.4, -0.2) is 115 Å². The number of hydrogen-bond donors (Lipinski definition) is 2. The molecule has 0 aromatic rings. The van der Waals surface area contributed by atoms with E-state index in [9.17, 15) is 29.4 Å². The fourth-order valence-electron chi connectivity index (χ4n) is 9.67. The first kappa shape index (κ1) is 46.9. The summed E-state index contributed by atoms with van der Waals surface area (Å²) in [6.45, 7) is 15.5. The van der Waals surface area contributed by atoms with Gasteiger partial charge in [-0.05, 0) is 101 Å². The Morgan fingerprint density at radius 1 is 0.947 bits per heavy atom. The van der Waals surface area contributed by atoms with Crippen molar-refractivity contribution < 1.29 is 53.1 Å². The van der Waals surface area contributed by atoms with Gasteiger partial charge in [-0.25, -0.2) is 4.79 Å². The zero-order valence-corrected chi connectivity index (χ0v) is 35.9. The topological polar surface area (TPSA) is 158 Å². The van der Waals surface area contributed by atoms with E-state index in [1.165, 1.54) is 19.1 Å².